The number of carbonyl (C=O) groups is 1. The smallest absolute Gasteiger partial charge is 0.273 e. The molecule has 4 rings (SSSR count). The molecule has 2 aromatic carbocycles. The van der Waals surface area contributed by atoms with Gasteiger partial charge in [-0.2, -0.15) is 10.4 Å². The lowest BCUT2D eigenvalue weighted by Crippen LogP contribution is -2.29. The number of aromatic amines is 1. The number of amides is 1. The van der Waals surface area contributed by atoms with Gasteiger partial charge in [0.2, 0.25) is 0 Å². The highest BCUT2D eigenvalue weighted by Crippen LogP contribution is 2.42. The Balaban J connectivity index is 1.86. The maximum Gasteiger partial charge on any atom is 0.273 e. The van der Waals surface area contributed by atoms with Crippen molar-refractivity contribution in [3.63, 3.8) is 0 Å². The van der Waals surface area contributed by atoms with Crippen LogP contribution in [0, 0.1) is 11.3 Å². The molecule has 1 amide bonds. The van der Waals surface area contributed by atoms with Crippen molar-refractivity contribution in [2.24, 2.45) is 0 Å². The molecule has 6 nitrogen and oxygen atoms in total. The van der Waals surface area contributed by atoms with Crippen molar-refractivity contribution in [3.05, 3.63) is 71.4 Å². The predicted octanol–water partition coefficient (Wildman–Crippen LogP) is 3.21. The quantitative estimate of drug-likeness (QED) is 0.728. The first kappa shape index (κ1) is 16.9. The molecule has 6 heteroatoms. The molecule has 1 aliphatic heterocycles. The van der Waals surface area contributed by atoms with Crippen LogP contribution in [0.1, 0.15) is 27.7 Å². The molecule has 1 aromatic heterocycles. The van der Waals surface area contributed by atoms with E-state index in [1.54, 1.807) is 4.90 Å². The van der Waals surface area contributed by atoms with Gasteiger partial charge in [-0.1, -0.05) is 42.5 Å². The summed E-state index contributed by atoms with van der Waals surface area (Å²) in [6, 6.07) is 19.6. The Labute approximate surface area is 157 Å². The summed E-state index contributed by atoms with van der Waals surface area (Å²) < 4.78 is 0. The van der Waals surface area contributed by atoms with Gasteiger partial charge in [-0.05, 0) is 17.7 Å². The van der Waals surface area contributed by atoms with Crippen molar-refractivity contribution in [1.29, 1.82) is 5.26 Å². The molecule has 3 aromatic rings. The van der Waals surface area contributed by atoms with Gasteiger partial charge in [0.25, 0.3) is 5.91 Å². The van der Waals surface area contributed by atoms with Gasteiger partial charge in [-0.25, -0.2) is 0 Å². The molecule has 1 unspecified atom stereocenters. The highest BCUT2D eigenvalue weighted by molar-refractivity contribution is 6.00. The average Bonchev–Trinajstić information content (AvgIpc) is 3.23. The van der Waals surface area contributed by atoms with Gasteiger partial charge >= 0.3 is 0 Å². The molecule has 0 saturated heterocycles. The largest absolute Gasteiger partial charge is 0.378 e. The predicted molar refractivity (Wildman–Crippen MR) is 103 cm³/mol. The van der Waals surface area contributed by atoms with Crippen LogP contribution in [-0.4, -0.2) is 41.6 Å². The number of nitrogens with one attached hydrogen (secondary N) is 1. The Hall–Kier alpha value is -3.59. The standard InChI is InChI=1S/C21H19N5O/c1-25(2)16-10-8-15(9-11-16)20-17-18(14-6-4-3-5-7-14)23-24-19(17)21(27)26(20)13-12-22/h3-11,20H,13H2,1-2H3,(H,23,24). The highest BCUT2D eigenvalue weighted by Gasteiger charge is 2.42. The van der Waals surface area contributed by atoms with Crippen molar-refractivity contribution < 1.29 is 4.79 Å². The monoisotopic (exact) mass is 357 g/mol. The molecule has 0 spiro atoms. The summed E-state index contributed by atoms with van der Waals surface area (Å²) >= 11 is 0. The van der Waals surface area contributed by atoms with Crippen LogP contribution in [0.15, 0.2) is 54.6 Å². The highest BCUT2D eigenvalue weighted by atomic mass is 16.2. The van der Waals surface area contributed by atoms with Gasteiger partial charge in [0, 0.05) is 30.9 Å². The zero-order valence-corrected chi connectivity index (χ0v) is 15.2. The maximum atomic E-state index is 12.9. The molecule has 0 radical (unpaired) electrons. The molecule has 0 aliphatic carbocycles. The zero-order valence-electron chi connectivity index (χ0n) is 15.2. The summed E-state index contributed by atoms with van der Waals surface area (Å²) in [5.74, 6) is -0.192. The third-order valence-electron chi connectivity index (χ3n) is 4.88. The number of hydrogen-bond acceptors (Lipinski definition) is 4. The Morgan fingerprint density at radius 3 is 2.48 bits per heavy atom. The SMILES string of the molecule is CN(C)c1ccc(C2c3c(-c4ccccc4)n[nH]c3C(=O)N2CC#N)cc1. The number of fused-ring (bicyclic) bond motifs is 1. The van der Waals surface area contributed by atoms with Crippen LogP contribution in [-0.2, 0) is 0 Å². The minimum Gasteiger partial charge on any atom is -0.378 e. The van der Waals surface area contributed by atoms with E-state index in [2.05, 4.69) is 16.3 Å². The van der Waals surface area contributed by atoms with Gasteiger partial charge in [0.1, 0.15) is 12.2 Å². The number of anilines is 1. The summed E-state index contributed by atoms with van der Waals surface area (Å²) in [7, 11) is 3.97. The van der Waals surface area contributed by atoms with E-state index in [1.807, 2.05) is 73.6 Å². The Bertz CT molecular complexity index is 1010. The second-order valence-corrected chi connectivity index (χ2v) is 6.71. The van der Waals surface area contributed by atoms with Gasteiger partial charge in [-0.3, -0.25) is 9.89 Å². The summed E-state index contributed by atoms with van der Waals surface area (Å²) in [5, 5.41) is 16.6. The average molecular weight is 357 g/mol. The zero-order chi connectivity index (χ0) is 19.0. The lowest BCUT2D eigenvalue weighted by Gasteiger charge is -2.24. The number of aromatic nitrogens is 2. The molecule has 1 aliphatic rings. The van der Waals surface area contributed by atoms with Crippen LogP contribution >= 0.6 is 0 Å². The minimum absolute atomic E-state index is 0.0235. The van der Waals surface area contributed by atoms with Crippen LogP contribution in [0.25, 0.3) is 11.3 Å². The van der Waals surface area contributed by atoms with E-state index in [0.29, 0.717) is 5.69 Å². The molecular weight excluding hydrogens is 338 g/mol. The van der Waals surface area contributed by atoms with E-state index >= 15 is 0 Å². The Kier molecular flexibility index (Phi) is 4.13. The summed E-state index contributed by atoms with van der Waals surface area (Å²) in [6.07, 6.45) is 0. The third kappa shape index (κ3) is 2.74. The third-order valence-corrected chi connectivity index (χ3v) is 4.88. The second-order valence-electron chi connectivity index (χ2n) is 6.71. The number of rotatable bonds is 4. The van der Waals surface area contributed by atoms with E-state index in [-0.39, 0.29) is 18.5 Å². The molecular formula is C21H19N5O. The summed E-state index contributed by atoms with van der Waals surface area (Å²) in [5.41, 5.74) is 5.02. The number of hydrogen-bond donors (Lipinski definition) is 1. The fourth-order valence-corrected chi connectivity index (χ4v) is 3.55. The van der Waals surface area contributed by atoms with Gasteiger partial charge < -0.3 is 9.80 Å². The van der Waals surface area contributed by atoms with Crippen molar-refractivity contribution in [3.8, 4) is 17.3 Å². The van der Waals surface area contributed by atoms with Crippen molar-refractivity contribution >= 4 is 11.6 Å². The molecule has 27 heavy (non-hydrogen) atoms. The minimum atomic E-state index is -0.336. The summed E-state index contributed by atoms with van der Waals surface area (Å²) in [4.78, 5) is 16.5. The number of benzene rings is 2. The number of carbonyl (C=O) groups excluding carboxylic acids is 1. The topological polar surface area (TPSA) is 76.0 Å². The summed E-state index contributed by atoms with van der Waals surface area (Å²) in [6.45, 7) is 0.0235. The molecule has 134 valence electrons. The molecule has 0 fully saturated rings. The molecule has 0 bridgehead atoms. The maximum absolute atomic E-state index is 12.9. The second kappa shape index (κ2) is 6.61. The number of H-pyrrole nitrogens is 1. The molecule has 2 heterocycles. The van der Waals surface area contributed by atoms with Gasteiger partial charge in [0.15, 0.2) is 0 Å². The number of nitrogens with zero attached hydrogens (tertiary/aromatic N) is 4. The van der Waals surface area contributed by atoms with Crippen molar-refractivity contribution in [1.82, 2.24) is 15.1 Å². The first-order chi connectivity index (χ1) is 13.1. The van der Waals surface area contributed by atoms with Gasteiger partial charge in [-0.15, -0.1) is 0 Å². The fraction of sp³-hybridized carbons (Fsp3) is 0.190. The Morgan fingerprint density at radius 1 is 1.15 bits per heavy atom. The lowest BCUT2D eigenvalue weighted by atomic mass is 9.96. The van der Waals surface area contributed by atoms with Crippen LogP contribution in [0.4, 0.5) is 5.69 Å². The molecule has 1 atom stereocenters. The first-order valence-corrected chi connectivity index (χ1v) is 8.70. The van der Waals surface area contributed by atoms with E-state index in [0.717, 1.165) is 28.1 Å². The van der Waals surface area contributed by atoms with Crippen molar-refractivity contribution in [2.45, 2.75) is 6.04 Å². The first-order valence-electron chi connectivity index (χ1n) is 8.70. The van der Waals surface area contributed by atoms with Gasteiger partial charge in [0.05, 0.1) is 17.8 Å². The van der Waals surface area contributed by atoms with Crippen LogP contribution in [0.3, 0.4) is 0 Å². The van der Waals surface area contributed by atoms with E-state index in [9.17, 15) is 10.1 Å². The van der Waals surface area contributed by atoms with Crippen LogP contribution in [0.2, 0.25) is 0 Å². The van der Waals surface area contributed by atoms with E-state index < -0.39 is 0 Å². The molecule has 0 saturated carbocycles. The normalized spacial score (nSPS) is 15.5. The fourth-order valence-electron chi connectivity index (χ4n) is 3.55. The van der Waals surface area contributed by atoms with E-state index in [4.69, 9.17) is 0 Å². The van der Waals surface area contributed by atoms with Crippen LogP contribution in [0.5, 0.6) is 0 Å². The molecule has 1 N–H and O–H groups in total. The van der Waals surface area contributed by atoms with E-state index in [1.165, 1.54) is 0 Å². The lowest BCUT2D eigenvalue weighted by molar-refractivity contribution is 0.0767. The Morgan fingerprint density at radius 2 is 1.85 bits per heavy atom. The van der Waals surface area contributed by atoms with Crippen LogP contribution < -0.4 is 4.90 Å². The number of nitriles is 1. The van der Waals surface area contributed by atoms with Crippen molar-refractivity contribution in [2.75, 3.05) is 25.5 Å².